The molecule has 2 aliphatic rings. The van der Waals surface area contributed by atoms with Crippen molar-refractivity contribution in [2.24, 2.45) is 0 Å². The molecule has 3 nitrogen and oxygen atoms in total. The van der Waals surface area contributed by atoms with Gasteiger partial charge in [0.15, 0.2) is 0 Å². The Hall–Kier alpha value is -2.26. The van der Waals surface area contributed by atoms with Gasteiger partial charge in [-0.1, -0.05) is 36.9 Å². The Morgan fingerprint density at radius 3 is 2.36 bits per heavy atom. The van der Waals surface area contributed by atoms with Gasteiger partial charge in [0.2, 0.25) is 0 Å². The van der Waals surface area contributed by atoms with Crippen LogP contribution in [0.4, 0.5) is 5.69 Å². The molecule has 25 heavy (non-hydrogen) atoms. The molecule has 0 spiro atoms. The summed E-state index contributed by atoms with van der Waals surface area (Å²) in [7, 11) is 0. The molecule has 1 N–H and O–H groups in total. The topological polar surface area (TPSA) is 24.5 Å². The van der Waals surface area contributed by atoms with E-state index in [9.17, 15) is 0 Å². The number of nitrogens with one attached hydrogen (secondary N) is 1. The van der Waals surface area contributed by atoms with Gasteiger partial charge in [0.25, 0.3) is 0 Å². The van der Waals surface area contributed by atoms with E-state index in [1.54, 1.807) is 0 Å². The van der Waals surface area contributed by atoms with E-state index in [1.165, 1.54) is 24.1 Å². The largest absolute Gasteiger partial charge is 0.484 e. The average molecular weight is 334 g/mol. The highest BCUT2D eigenvalue weighted by Crippen LogP contribution is 2.31. The molecule has 0 saturated carbocycles. The van der Waals surface area contributed by atoms with Crippen molar-refractivity contribution in [2.75, 3.05) is 24.5 Å². The third-order valence-corrected chi connectivity index (χ3v) is 5.37. The zero-order valence-electron chi connectivity index (χ0n) is 14.7. The van der Waals surface area contributed by atoms with Gasteiger partial charge in [-0.3, -0.25) is 0 Å². The molecular formula is C22H26N2O. The fraction of sp³-hybridized carbons (Fsp3) is 0.364. The van der Waals surface area contributed by atoms with Crippen LogP contribution in [0.2, 0.25) is 0 Å². The zero-order chi connectivity index (χ0) is 17.1. The molecule has 0 unspecified atom stereocenters. The summed E-state index contributed by atoms with van der Waals surface area (Å²) >= 11 is 0. The number of anilines is 1. The molecule has 2 aromatic carbocycles. The third kappa shape index (κ3) is 3.57. The first-order valence-electron chi connectivity index (χ1n) is 9.30. The molecular weight excluding hydrogens is 308 g/mol. The number of ether oxygens (including phenoxy) is 1. The molecule has 4 rings (SSSR count). The van der Waals surface area contributed by atoms with Crippen LogP contribution in [0.5, 0.6) is 5.75 Å². The van der Waals surface area contributed by atoms with Gasteiger partial charge in [-0.15, -0.1) is 0 Å². The molecule has 0 aliphatic carbocycles. The number of piperidine rings is 1. The first-order valence-corrected chi connectivity index (χ1v) is 9.30. The molecule has 2 heterocycles. The maximum atomic E-state index is 6.23. The van der Waals surface area contributed by atoms with Crippen LogP contribution in [0.3, 0.4) is 0 Å². The van der Waals surface area contributed by atoms with Gasteiger partial charge in [-0.2, -0.15) is 0 Å². The van der Waals surface area contributed by atoms with E-state index in [2.05, 4.69) is 65.3 Å². The molecule has 0 aromatic heterocycles. The molecule has 2 aromatic rings. The lowest BCUT2D eigenvalue weighted by Crippen LogP contribution is -2.26. The lowest BCUT2D eigenvalue weighted by molar-refractivity contribution is 0.246. The lowest BCUT2D eigenvalue weighted by atomic mass is 9.90. The normalized spacial score (nSPS) is 21.5. The highest BCUT2D eigenvalue weighted by atomic mass is 16.5. The van der Waals surface area contributed by atoms with Crippen LogP contribution in [0, 0.1) is 0 Å². The van der Waals surface area contributed by atoms with E-state index in [1.807, 2.05) is 6.07 Å². The van der Waals surface area contributed by atoms with Gasteiger partial charge in [0, 0.05) is 18.7 Å². The Labute approximate surface area is 150 Å². The first-order chi connectivity index (χ1) is 12.3. The highest BCUT2D eigenvalue weighted by molar-refractivity contribution is 5.54. The Kier molecular flexibility index (Phi) is 4.75. The Bertz CT molecular complexity index is 705. The fourth-order valence-electron chi connectivity index (χ4n) is 3.90. The standard InChI is InChI=1S/C22H26N2O/c1-17-22(13-16-24(17)20-5-3-2-4-6-20)25-21-9-7-18(8-10-21)19-11-14-23-15-12-19/h2-10,19,22-23H,1,11-16H2/t22-/m0/s1. The van der Waals surface area contributed by atoms with Crippen molar-refractivity contribution in [1.82, 2.24) is 5.32 Å². The molecule has 0 bridgehead atoms. The number of rotatable bonds is 4. The number of nitrogens with zero attached hydrogens (tertiary/aromatic N) is 1. The Balaban J connectivity index is 1.40. The van der Waals surface area contributed by atoms with Crippen LogP contribution in [0.15, 0.2) is 66.9 Å². The summed E-state index contributed by atoms with van der Waals surface area (Å²) in [6.45, 7) is 7.48. The molecule has 2 fully saturated rings. The second-order valence-electron chi connectivity index (χ2n) is 6.97. The SMILES string of the molecule is C=C1[C@@H](Oc2ccc(C3CCNCC3)cc2)CCN1c1ccccc1. The quantitative estimate of drug-likeness (QED) is 0.901. The second kappa shape index (κ2) is 7.32. The summed E-state index contributed by atoms with van der Waals surface area (Å²) in [6, 6.07) is 19.1. The minimum absolute atomic E-state index is 0.0601. The third-order valence-electron chi connectivity index (χ3n) is 5.37. The summed E-state index contributed by atoms with van der Waals surface area (Å²) in [5.74, 6) is 1.63. The van der Waals surface area contributed by atoms with E-state index < -0.39 is 0 Å². The van der Waals surface area contributed by atoms with E-state index in [0.29, 0.717) is 5.92 Å². The molecule has 2 saturated heterocycles. The Morgan fingerprint density at radius 1 is 0.920 bits per heavy atom. The number of para-hydroxylation sites is 1. The maximum Gasteiger partial charge on any atom is 0.140 e. The Morgan fingerprint density at radius 2 is 1.64 bits per heavy atom. The molecule has 130 valence electrons. The zero-order valence-corrected chi connectivity index (χ0v) is 14.7. The van der Waals surface area contributed by atoms with Crippen molar-refractivity contribution in [1.29, 1.82) is 0 Å². The van der Waals surface area contributed by atoms with Gasteiger partial charge in [0.1, 0.15) is 11.9 Å². The van der Waals surface area contributed by atoms with E-state index in [4.69, 9.17) is 4.74 Å². The van der Waals surface area contributed by atoms with Crippen molar-refractivity contribution < 1.29 is 4.74 Å². The maximum absolute atomic E-state index is 6.23. The lowest BCUT2D eigenvalue weighted by Gasteiger charge is -2.24. The van der Waals surface area contributed by atoms with Crippen molar-refractivity contribution in [3.05, 3.63) is 72.4 Å². The van der Waals surface area contributed by atoms with Crippen molar-refractivity contribution in [2.45, 2.75) is 31.3 Å². The van der Waals surface area contributed by atoms with Crippen LogP contribution in [0.25, 0.3) is 0 Å². The molecule has 0 amide bonds. The van der Waals surface area contributed by atoms with E-state index >= 15 is 0 Å². The predicted octanol–water partition coefficient (Wildman–Crippen LogP) is 4.33. The number of hydrogen-bond acceptors (Lipinski definition) is 3. The average Bonchev–Trinajstić information content (AvgIpc) is 3.04. The molecule has 1 atom stereocenters. The number of benzene rings is 2. The fourth-order valence-corrected chi connectivity index (χ4v) is 3.90. The van der Waals surface area contributed by atoms with Crippen molar-refractivity contribution in [3.8, 4) is 5.75 Å². The molecule has 3 heteroatoms. The van der Waals surface area contributed by atoms with Gasteiger partial charge in [-0.25, -0.2) is 0 Å². The van der Waals surface area contributed by atoms with Gasteiger partial charge in [0.05, 0.1) is 5.70 Å². The first kappa shape index (κ1) is 16.2. The minimum Gasteiger partial charge on any atom is -0.484 e. The van der Waals surface area contributed by atoms with Gasteiger partial charge >= 0.3 is 0 Å². The van der Waals surface area contributed by atoms with E-state index in [0.717, 1.165) is 37.5 Å². The monoisotopic (exact) mass is 334 g/mol. The summed E-state index contributed by atoms with van der Waals surface area (Å²) in [6.07, 6.45) is 3.49. The van der Waals surface area contributed by atoms with Gasteiger partial charge < -0.3 is 15.0 Å². The van der Waals surface area contributed by atoms with Crippen LogP contribution >= 0.6 is 0 Å². The second-order valence-corrected chi connectivity index (χ2v) is 6.97. The van der Waals surface area contributed by atoms with Crippen molar-refractivity contribution >= 4 is 5.69 Å². The van der Waals surface area contributed by atoms with E-state index in [-0.39, 0.29) is 6.10 Å². The smallest absolute Gasteiger partial charge is 0.140 e. The summed E-state index contributed by atoms with van der Waals surface area (Å²) in [5.41, 5.74) is 3.68. The predicted molar refractivity (Wildman–Crippen MR) is 103 cm³/mol. The van der Waals surface area contributed by atoms with Gasteiger partial charge in [-0.05, 0) is 61.7 Å². The van der Waals surface area contributed by atoms with Crippen molar-refractivity contribution in [3.63, 3.8) is 0 Å². The van der Waals surface area contributed by atoms with Crippen LogP contribution in [0.1, 0.15) is 30.7 Å². The minimum atomic E-state index is 0.0601. The van der Waals surface area contributed by atoms with Crippen LogP contribution < -0.4 is 15.0 Å². The summed E-state index contributed by atoms with van der Waals surface area (Å²) < 4.78 is 6.23. The summed E-state index contributed by atoms with van der Waals surface area (Å²) in [4.78, 5) is 2.26. The summed E-state index contributed by atoms with van der Waals surface area (Å²) in [5, 5.41) is 3.43. The highest BCUT2D eigenvalue weighted by Gasteiger charge is 2.28. The van der Waals surface area contributed by atoms with Crippen LogP contribution in [-0.2, 0) is 0 Å². The van der Waals surface area contributed by atoms with Crippen LogP contribution in [-0.4, -0.2) is 25.7 Å². The molecule has 2 aliphatic heterocycles. The number of hydrogen-bond donors (Lipinski definition) is 1. The molecule has 0 radical (unpaired) electrons.